The lowest BCUT2D eigenvalue weighted by atomic mass is 9.81. The van der Waals surface area contributed by atoms with Crippen molar-refractivity contribution >= 4 is 118 Å². The van der Waals surface area contributed by atoms with Crippen molar-refractivity contribution in [2.75, 3.05) is 70.7 Å². The summed E-state index contributed by atoms with van der Waals surface area (Å²) < 4.78 is 167. The predicted octanol–water partition coefficient (Wildman–Crippen LogP) is 12.0. The number of β-lactam (4-membered cyclic amide) rings is 4. The number of pyridine rings is 6. The Morgan fingerprint density at radius 3 is 0.858 bits per heavy atom. The van der Waals surface area contributed by atoms with Gasteiger partial charge in [0.1, 0.15) is 95.9 Å². The number of aromatic nitrogens is 10. The number of amides is 16. The van der Waals surface area contributed by atoms with Gasteiger partial charge in [-0.05, 0) is 202 Å². The van der Waals surface area contributed by atoms with Crippen LogP contribution in [0.4, 0.5) is 118 Å². The molecule has 50 heteroatoms. The Hall–Kier alpha value is -14.9. The van der Waals surface area contributed by atoms with E-state index in [1.54, 1.807) is 66.7 Å². The van der Waals surface area contributed by atoms with Crippen LogP contribution in [0.25, 0.3) is 0 Å². The first-order valence-electron chi connectivity index (χ1n) is 48.4. The number of nitrogens with zero attached hydrogens (tertiary/aromatic N) is 18. The third-order valence-electron chi connectivity index (χ3n) is 28.2. The molecule has 8 fully saturated rings. The molecule has 0 radical (unpaired) electrons. The highest BCUT2D eigenvalue weighted by atomic mass is 19.4. The highest BCUT2D eigenvalue weighted by Gasteiger charge is 2.63. The standard InChI is InChI=1S/2C25H29F3N6O3.2C24H28F3N7O3/c1-33(19-9-5-6-11-31-19)23(36)20-17(13-15-10-12-30-18(29)14-15)22(35)34(20)24(37)32-21(25(26,27)28)16-7-3-2-4-8-16;1-33(17-8-5-10-30-14-17)23(36)20-18(12-15-9-11-31-19(29)13-15)22(35)34(20)24(37)32-21(25(26,27)28)16-6-3-2-4-7-16;1-33(18-8-9-29-13-31-18)22(36)19-16(11-14-7-10-30-17(28)12-14)21(35)34(19)23(37)32-20(24(25,26)27)15-5-3-2-4-6-15;1-33(16-11-29-13-30-12-16)22(36)19-17(9-14-7-8-31-18(28)10-14)21(35)34(19)23(37)32-20(24(25,26)27)15-5-3-2-4-6-15/h5-6,9-12,14,16-17,20-21H,2-4,7-8,13H2,1H3,(H2,29,30)(H,32,37);5,8-11,13-14,16,18,20-21H,2-4,6-7,12H2,1H3,(H2,29,31)(H,32,37);7-10,12-13,15-16,19-20H,2-6,11H2,1H3,(H2,28,30)(H,32,37);7-8,10-13,15,17,19-20H,2-6,9H2,1H3,(H2,28,31)(H,32,37)/t17-,20+,21+;18-,20+,21+;16-,19+,20+;17-,19+,20+/m1111/s1. The van der Waals surface area contributed by atoms with Gasteiger partial charge in [0.05, 0.1) is 53.6 Å². The van der Waals surface area contributed by atoms with Crippen LogP contribution < -0.4 is 63.8 Å². The van der Waals surface area contributed by atoms with Crippen molar-refractivity contribution in [2.24, 2.45) is 47.3 Å². The molecule has 16 amide bonds. The molecule has 16 rings (SSSR count). The molecular weight excluding hydrogens is 1960 g/mol. The Balaban J connectivity index is 0.000000165. The van der Waals surface area contributed by atoms with E-state index in [1.807, 2.05) is 21.3 Å². The molecular formula is C98H114F12N26O12. The van der Waals surface area contributed by atoms with Crippen LogP contribution in [0.5, 0.6) is 0 Å². The summed E-state index contributed by atoms with van der Waals surface area (Å²) in [6, 6.07) is 3.64. The van der Waals surface area contributed by atoms with Crippen LogP contribution in [0.15, 0.2) is 160 Å². The van der Waals surface area contributed by atoms with Gasteiger partial charge in [0.15, 0.2) is 0 Å². The molecule has 0 bridgehead atoms. The van der Waals surface area contributed by atoms with Crippen LogP contribution in [-0.2, 0) is 64.0 Å². The number of hydrogen-bond donors (Lipinski definition) is 8. The van der Waals surface area contributed by atoms with Gasteiger partial charge in [0.25, 0.3) is 23.6 Å². The Morgan fingerprint density at radius 1 is 0.318 bits per heavy atom. The van der Waals surface area contributed by atoms with Crippen LogP contribution in [-0.4, -0.2) is 242 Å². The molecule has 12 heterocycles. The first-order valence-corrected chi connectivity index (χ1v) is 48.4. The summed E-state index contributed by atoms with van der Waals surface area (Å²) >= 11 is 0. The molecule has 148 heavy (non-hydrogen) atoms. The Morgan fingerprint density at radius 2 is 0.601 bits per heavy atom. The van der Waals surface area contributed by atoms with E-state index >= 15 is 0 Å². The van der Waals surface area contributed by atoms with Gasteiger partial charge in [0, 0.05) is 71.6 Å². The molecule has 0 spiro atoms. The van der Waals surface area contributed by atoms with E-state index in [9.17, 15) is 110 Å². The molecule has 8 aromatic rings. The lowest BCUT2D eigenvalue weighted by molar-refractivity contribution is -0.171. The van der Waals surface area contributed by atoms with E-state index in [0.29, 0.717) is 156 Å². The quantitative estimate of drug-likeness (QED) is 0.0206. The molecule has 8 aromatic heterocycles. The molecule has 0 aromatic carbocycles. The number of nitrogens with two attached hydrogens (primary N) is 4. The molecule has 0 unspecified atom stereocenters. The van der Waals surface area contributed by atoms with Gasteiger partial charge in [-0.1, -0.05) is 83.1 Å². The summed E-state index contributed by atoms with van der Waals surface area (Å²) in [4.78, 5) is 205. The largest absolute Gasteiger partial charge is 0.408 e. The van der Waals surface area contributed by atoms with Gasteiger partial charge in [-0.2, -0.15) is 52.7 Å². The fraction of sp³-hybridized carbons (Fsp3) is 0.490. The number of alkyl halides is 12. The number of carbonyl (C=O) groups is 12. The monoisotopic (exact) mass is 2070 g/mol. The van der Waals surface area contributed by atoms with Crippen molar-refractivity contribution in [1.82, 2.24) is 90.7 Å². The number of halogens is 12. The summed E-state index contributed by atoms with van der Waals surface area (Å²) in [5.74, 6) is -11.2. The average Bonchev–Trinajstić information content (AvgIpc) is 0.748. The number of hydrogen-bond acceptors (Lipinski definition) is 26. The summed E-state index contributed by atoms with van der Waals surface area (Å²) in [7, 11) is 5.72. The van der Waals surface area contributed by atoms with Crippen molar-refractivity contribution in [3.8, 4) is 0 Å². The zero-order valence-electron chi connectivity index (χ0n) is 81.0. The maximum Gasteiger partial charge on any atom is 0.408 e. The Labute approximate surface area is 841 Å². The van der Waals surface area contributed by atoms with Crippen LogP contribution in [0.1, 0.15) is 151 Å². The number of nitrogens with one attached hydrogen (secondary N) is 4. The van der Waals surface area contributed by atoms with Crippen LogP contribution in [0, 0.1) is 47.3 Å². The van der Waals surface area contributed by atoms with Gasteiger partial charge in [-0.25, -0.2) is 64.0 Å². The minimum atomic E-state index is -4.70. The molecule has 4 aliphatic heterocycles. The second kappa shape index (κ2) is 48.1. The number of anilines is 8. The second-order valence-corrected chi connectivity index (χ2v) is 37.8. The highest BCUT2D eigenvalue weighted by molar-refractivity contribution is 6.16. The van der Waals surface area contributed by atoms with E-state index < -0.39 is 192 Å². The molecule has 4 saturated carbocycles. The van der Waals surface area contributed by atoms with Crippen LogP contribution in [0.2, 0.25) is 0 Å². The van der Waals surface area contributed by atoms with Crippen LogP contribution in [0.3, 0.4) is 0 Å². The van der Waals surface area contributed by atoms with Gasteiger partial charge < -0.3 is 54.0 Å². The van der Waals surface area contributed by atoms with E-state index in [0.717, 1.165) is 30.6 Å². The maximum absolute atomic E-state index is 13.9. The van der Waals surface area contributed by atoms with Crippen molar-refractivity contribution in [1.29, 1.82) is 0 Å². The zero-order valence-corrected chi connectivity index (χ0v) is 81.0. The van der Waals surface area contributed by atoms with E-state index in [2.05, 4.69) is 49.8 Å². The number of likely N-dealkylation sites (N-methyl/N-ethyl adjacent to an activating group) is 4. The third-order valence-corrected chi connectivity index (χ3v) is 28.2. The van der Waals surface area contributed by atoms with Gasteiger partial charge in [-0.15, -0.1) is 0 Å². The van der Waals surface area contributed by atoms with E-state index in [1.165, 1.54) is 136 Å². The number of carbonyl (C=O) groups excluding carboxylic acids is 12. The minimum absolute atomic E-state index is 0.0503. The van der Waals surface area contributed by atoms with Gasteiger partial charge >= 0.3 is 48.8 Å². The topological polar surface area (TPSA) is 512 Å². The molecule has 12 N–H and O–H groups in total. The van der Waals surface area contributed by atoms with Crippen LogP contribution >= 0.6 is 0 Å². The average molecular weight is 2080 g/mol. The van der Waals surface area contributed by atoms with Gasteiger partial charge in [-0.3, -0.25) is 72.7 Å². The minimum Gasteiger partial charge on any atom is -0.384 e. The maximum atomic E-state index is 13.9. The Kier molecular flexibility index (Phi) is 35.9. The Bertz CT molecular complexity index is 5280. The van der Waals surface area contributed by atoms with Crippen molar-refractivity contribution < 1.29 is 110 Å². The normalized spacial score (nSPS) is 21.2. The van der Waals surface area contributed by atoms with E-state index in [-0.39, 0.29) is 60.6 Å². The van der Waals surface area contributed by atoms with Gasteiger partial charge in [0.2, 0.25) is 23.6 Å². The molecule has 4 saturated heterocycles. The SMILES string of the molecule is CN(C(=O)[C@@H]1[C@@H](Cc2ccnc(N)c2)C(=O)N1C(=O)N[C@@H](C1CCCCC1)C(F)(F)F)c1ccccn1.CN(C(=O)[C@@H]1[C@@H](Cc2ccnc(N)c2)C(=O)N1C(=O)N[C@@H](C1CCCCC1)C(F)(F)F)c1cccnc1.CN(C(=O)[C@@H]1[C@@H](Cc2ccnc(N)c2)C(=O)N1C(=O)N[C@@H](C1CCCCC1)C(F)(F)F)c1ccncn1.CN(C(=O)[C@@H]1[C@@H](Cc2ccnc(N)c2)C(=O)N1C(=O)N[C@@H](C1CCCCC1)C(F)(F)F)c1cncnc1. The molecule has 8 aliphatic rings. The zero-order chi connectivity index (χ0) is 107. The number of likely N-dealkylation sites (tertiary alicyclic amines) is 4. The fourth-order valence-corrected chi connectivity index (χ4v) is 20.4. The molecule has 12 atom stereocenters. The highest BCUT2D eigenvalue weighted by Crippen LogP contribution is 2.45. The lowest BCUT2D eigenvalue weighted by Gasteiger charge is -2.46. The predicted molar refractivity (Wildman–Crippen MR) is 512 cm³/mol. The smallest absolute Gasteiger partial charge is 0.384 e. The molecule has 792 valence electrons. The fourth-order valence-electron chi connectivity index (χ4n) is 20.4. The number of nitrogen functional groups attached to an aromatic ring is 4. The summed E-state index contributed by atoms with van der Waals surface area (Å²) in [5, 5.41) is 8.15. The summed E-state index contributed by atoms with van der Waals surface area (Å²) in [6.07, 6.45) is 9.44. The number of urea groups is 4. The number of imide groups is 4. The van der Waals surface area contributed by atoms with Crippen molar-refractivity contribution in [2.45, 2.75) is 227 Å². The summed E-state index contributed by atoms with van der Waals surface area (Å²) in [5.41, 5.74) is 26.0. The lowest BCUT2D eigenvalue weighted by Crippen LogP contribution is -2.71. The van der Waals surface area contributed by atoms with Crippen molar-refractivity contribution in [3.63, 3.8) is 0 Å². The molecule has 38 nitrogen and oxygen atoms in total. The third kappa shape index (κ3) is 26.5. The van der Waals surface area contributed by atoms with E-state index in [4.69, 9.17) is 22.9 Å². The summed E-state index contributed by atoms with van der Waals surface area (Å²) in [6.45, 7) is 0. The first kappa shape index (κ1) is 110. The van der Waals surface area contributed by atoms with Crippen molar-refractivity contribution in [3.05, 3.63) is 182 Å². The first-order chi connectivity index (χ1) is 70.3. The second-order valence-electron chi connectivity index (χ2n) is 37.8. The molecule has 4 aliphatic carbocycles. The number of rotatable bonds is 24.